The fourth-order valence-electron chi connectivity index (χ4n) is 5.09. The molecule has 0 aliphatic heterocycles. The van der Waals surface area contributed by atoms with Crippen LogP contribution >= 0.6 is 0 Å². The number of hydrogen-bond acceptors (Lipinski definition) is 4. The second-order valence-corrected chi connectivity index (χ2v) is 10.3. The van der Waals surface area contributed by atoms with Crippen LogP contribution in [0.1, 0.15) is 51.1 Å². The van der Waals surface area contributed by atoms with Crippen molar-refractivity contribution in [3.8, 4) is 23.6 Å². The predicted octanol–water partition coefficient (Wildman–Crippen LogP) is 5.98. The smallest absolute Gasteiger partial charge is 0.335 e. The zero-order valence-electron chi connectivity index (χ0n) is 22.9. The number of aliphatic hydroxyl groups excluding tert-OH is 1. The molecular formula is C34H30FN3O3. The minimum Gasteiger partial charge on any atom is -0.478 e. The number of carboxylic acids is 1. The summed E-state index contributed by atoms with van der Waals surface area (Å²) in [5, 5.41) is 19.6. The van der Waals surface area contributed by atoms with E-state index in [9.17, 15) is 19.4 Å². The van der Waals surface area contributed by atoms with Crippen molar-refractivity contribution in [1.82, 2.24) is 14.5 Å². The molecule has 0 amide bonds. The molecule has 7 heteroatoms. The van der Waals surface area contributed by atoms with Gasteiger partial charge in [0.25, 0.3) is 0 Å². The molecule has 41 heavy (non-hydrogen) atoms. The fourth-order valence-corrected chi connectivity index (χ4v) is 5.09. The van der Waals surface area contributed by atoms with Gasteiger partial charge in [0.2, 0.25) is 0 Å². The SMILES string of the molecule is C#Cc1ccc(CCc2cccc(-c3ccc(Cc4nc5ccc(C(=O)O)cc5n4CC(C)O)cc3C)n2)c(F)c1. The van der Waals surface area contributed by atoms with Crippen LogP contribution in [-0.4, -0.2) is 36.8 Å². The summed E-state index contributed by atoms with van der Waals surface area (Å²) in [6.45, 7) is 4.04. The van der Waals surface area contributed by atoms with Gasteiger partial charge in [0.15, 0.2) is 0 Å². The molecule has 2 heterocycles. The molecule has 5 aromatic rings. The summed E-state index contributed by atoms with van der Waals surface area (Å²) in [5.74, 6) is 1.90. The average Bonchev–Trinajstić information content (AvgIpc) is 3.27. The summed E-state index contributed by atoms with van der Waals surface area (Å²) in [6.07, 6.45) is 6.37. The van der Waals surface area contributed by atoms with E-state index in [2.05, 4.69) is 12.0 Å². The first-order valence-electron chi connectivity index (χ1n) is 13.4. The molecule has 0 saturated heterocycles. The van der Waals surface area contributed by atoms with Gasteiger partial charge in [0.05, 0.1) is 34.9 Å². The lowest BCUT2D eigenvalue weighted by Gasteiger charge is -2.13. The lowest BCUT2D eigenvalue weighted by molar-refractivity contribution is 0.0697. The Labute approximate surface area is 238 Å². The Hall–Kier alpha value is -4.80. The molecule has 0 aliphatic carbocycles. The third-order valence-corrected chi connectivity index (χ3v) is 7.13. The maximum Gasteiger partial charge on any atom is 0.335 e. The van der Waals surface area contributed by atoms with Crippen LogP contribution in [0.4, 0.5) is 4.39 Å². The largest absolute Gasteiger partial charge is 0.478 e. The van der Waals surface area contributed by atoms with Gasteiger partial charge >= 0.3 is 5.97 Å². The molecule has 3 aromatic carbocycles. The van der Waals surface area contributed by atoms with Crippen LogP contribution in [0, 0.1) is 25.1 Å². The number of fused-ring (bicyclic) bond motifs is 1. The molecule has 0 fully saturated rings. The average molecular weight is 548 g/mol. The summed E-state index contributed by atoms with van der Waals surface area (Å²) < 4.78 is 16.3. The highest BCUT2D eigenvalue weighted by atomic mass is 19.1. The van der Waals surface area contributed by atoms with E-state index in [4.69, 9.17) is 16.4 Å². The number of rotatable bonds is 9. The van der Waals surface area contributed by atoms with Crippen molar-refractivity contribution in [3.05, 3.63) is 118 Å². The quantitative estimate of drug-likeness (QED) is 0.222. The number of carboxylic acid groups (broad SMARTS) is 1. The van der Waals surface area contributed by atoms with Crippen LogP contribution in [-0.2, 0) is 25.8 Å². The number of pyridine rings is 1. The minimum atomic E-state index is -1.01. The van der Waals surface area contributed by atoms with Gasteiger partial charge in [0, 0.05) is 23.2 Å². The van der Waals surface area contributed by atoms with Crippen LogP contribution in [0.3, 0.4) is 0 Å². The second-order valence-electron chi connectivity index (χ2n) is 10.3. The summed E-state index contributed by atoms with van der Waals surface area (Å²) in [7, 11) is 0. The van der Waals surface area contributed by atoms with Crippen LogP contribution in [0.5, 0.6) is 0 Å². The Kier molecular flexibility index (Phi) is 7.95. The molecule has 206 valence electrons. The van der Waals surface area contributed by atoms with E-state index in [0.29, 0.717) is 48.0 Å². The van der Waals surface area contributed by atoms with E-state index in [-0.39, 0.29) is 11.4 Å². The maximum absolute atomic E-state index is 14.4. The first-order valence-corrected chi connectivity index (χ1v) is 13.4. The minimum absolute atomic E-state index is 0.178. The molecule has 5 rings (SSSR count). The number of nitrogens with zero attached hydrogens (tertiary/aromatic N) is 3. The number of hydrogen-bond donors (Lipinski definition) is 2. The Bertz CT molecular complexity index is 1800. The summed E-state index contributed by atoms with van der Waals surface area (Å²) in [5.41, 5.74) is 7.49. The van der Waals surface area contributed by atoms with Crippen LogP contribution in [0.25, 0.3) is 22.3 Å². The van der Waals surface area contributed by atoms with Gasteiger partial charge in [-0.2, -0.15) is 0 Å². The third-order valence-electron chi connectivity index (χ3n) is 7.13. The Morgan fingerprint density at radius 2 is 1.88 bits per heavy atom. The molecule has 1 unspecified atom stereocenters. The van der Waals surface area contributed by atoms with Gasteiger partial charge in [-0.1, -0.05) is 36.3 Å². The van der Waals surface area contributed by atoms with Gasteiger partial charge < -0.3 is 14.8 Å². The van der Waals surface area contributed by atoms with Crippen molar-refractivity contribution in [2.24, 2.45) is 0 Å². The van der Waals surface area contributed by atoms with Gasteiger partial charge in [-0.05, 0) is 85.8 Å². The molecule has 0 spiro atoms. The normalized spacial score (nSPS) is 11.9. The number of aliphatic hydroxyl groups is 1. The van der Waals surface area contributed by atoms with Crippen molar-refractivity contribution >= 4 is 17.0 Å². The van der Waals surface area contributed by atoms with Crippen molar-refractivity contribution < 1.29 is 19.4 Å². The summed E-state index contributed by atoms with van der Waals surface area (Å²) in [4.78, 5) is 21.1. The number of carbonyl (C=O) groups is 1. The number of benzene rings is 3. The number of terminal acetylenes is 1. The number of aromatic carboxylic acids is 1. The first-order chi connectivity index (χ1) is 19.7. The zero-order chi connectivity index (χ0) is 29.1. The summed E-state index contributed by atoms with van der Waals surface area (Å²) >= 11 is 0. The zero-order valence-corrected chi connectivity index (χ0v) is 22.9. The standard InChI is InChI=1S/C34H30FN3O3/c1-4-23-8-10-25(29(35)17-23)11-13-27-6-5-7-30(36-27)28-14-9-24(16-21(28)2)18-33-37-31-15-12-26(34(40)41)19-32(31)38(33)20-22(3)39/h1,5-10,12,14-17,19,22,39H,11,13,18,20H2,2-3H3,(H,40,41). The summed E-state index contributed by atoms with van der Waals surface area (Å²) in [6, 6.07) is 21.8. The van der Waals surface area contributed by atoms with Crippen molar-refractivity contribution in [3.63, 3.8) is 0 Å². The predicted molar refractivity (Wildman–Crippen MR) is 157 cm³/mol. The van der Waals surface area contributed by atoms with E-state index < -0.39 is 12.1 Å². The number of aromatic nitrogens is 3. The molecule has 2 aromatic heterocycles. The van der Waals surface area contributed by atoms with Crippen molar-refractivity contribution in [2.45, 2.75) is 45.8 Å². The van der Waals surface area contributed by atoms with Gasteiger partial charge in [-0.3, -0.25) is 4.98 Å². The van der Waals surface area contributed by atoms with E-state index in [1.165, 1.54) is 6.07 Å². The fraction of sp³-hybridized carbons (Fsp3) is 0.206. The molecule has 2 N–H and O–H groups in total. The topological polar surface area (TPSA) is 88.2 Å². The second kappa shape index (κ2) is 11.7. The Morgan fingerprint density at radius 1 is 1.05 bits per heavy atom. The Morgan fingerprint density at radius 3 is 2.59 bits per heavy atom. The number of imidazole rings is 1. The number of halogens is 1. The van der Waals surface area contributed by atoms with Crippen molar-refractivity contribution in [2.75, 3.05) is 0 Å². The highest BCUT2D eigenvalue weighted by Gasteiger charge is 2.16. The van der Waals surface area contributed by atoms with Gasteiger partial charge in [-0.25, -0.2) is 14.2 Å². The molecule has 0 bridgehead atoms. The Balaban J connectivity index is 1.37. The molecule has 1 atom stereocenters. The van der Waals surface area contributed by atoms with Crippen LogP contribution < -0.4 is 0 Å². The molecule has 0 saturated carbocycles. The molecule has 6 nitrogen and oxygen atoms in total. The van der Waals surface area contributed by atoms with Crippen LogP contribution in [0.15, 0.2) is 72.8 Å². The van der Waals surface area contributed by atoms with Crippen molar-refractivity contribution in [1.29, 1.82) is 0 Å². The highest BCUT2D eigenvalue weighted by Crippen LogP contribution is 2.26. The van der Waals surface area contributed by atoms with E-state index in [1.54, 1.807) is 37.3 Å². The van der Waals surface area contributed by atoms with Gasteiger partial charge in [0.1, 0.15) is 11.6 Å². The van der Waals surface area contributed by atoms with E-state index in [1.807, 2.05) is 41.8 Å². The van der Waals surface area contributed by atoms with Crippen LogP contribution in [0.2, 0.25) is 0 Å². The molecule has 0 aliphatic rings. The lowest BCUT2D eigenvalue weighted by atomic mass is 9.99. The lowest BCUT2D eigenvalue weighted by Crippen LogP contribution is -2.15. The number of aryl methyl sites for hydroxylation is 3. The third kappa shape index (κ3) is 6.19. The molecule has 0 radical (unpaired) electrons. The molecular weight excluding hydrogens is 517 g/mol. The highest BCUT2D eigenvalue weighted by molar-refractivity contribution is 5.92. The van der Waals surface area contributed by atoms with Gasteiger partial charge in [-0.15, -0.1) is 6.42 Å². The maximum atomic E-state index is 14.4. The van der Waals surface area contributed by atoms with E-state index >= 15 is 0 Å². The monoisotopic (exact) mass is 547 g/mol. The van der Waals surface area contributed by atoms with E-state index in [0.717, 1.165) is 33.9 Å². The first kappa shape index (κ1) is 27.8.